The van der Waals surface area contributed by atoms with Crippen molar-refractivity contribution in [1.82, 2.24) is 4.90 Å². The number of nitrogens with zero attached hydrogens (tertiary/aromatic N) is 1. The van der Waals surface area contributed by atoms with E-state index < -0.39 is 5.60 Å². The molecule has 1 rings (SSSR count). The second-order valence-electron chi connectivity index (χ2n) is 5.56. The van der Waals surface area contributed by atoms with Gasteiger partial charge in [-0.25, -0.2) is 0 Å². The topological polar surface area (TPSA) is 40.5 Å². The van der Waals surface area contributed by atoms with Gasteiger partial charge in [0.15, 0.2) is 0 Å². The lowest BCUT2D eigenvalue weighted by Crippen LogP contribution is -2.50. The van der Waals surface area contributed by atoms with Crippen molar-refractivity contribution in [1.29, 1.82) is 0 Å². The van der Waals surface area contributed by atoms with Gasteiger partial charge in [0.2, 0.25) is 0 Å². The Kier molecular flexibility index (Phi) is 4.00. The molecular weight excluding hydrogens is 202 g/mol. The highest BCUT2D eigenvalue weighted by Gasteiger charge is 2.36. The van der Waals surface area contributed by atoms with Gasteiger partial charge < -0.3 is 10.0 Å². The Morgan fingerprint density at radius 3 is 2.00 bits per heavy atom. The predicted molar refractivity (Wildman–Crippen MR) is 65.1 cm³/mol. The van der Waals surface area contributed by atoms with Crippen LogP contribution in [-0.2, 0) is 4.79 Å². The molecule has 0 spiro atoms. The van der Waals surface area contributed by atoms with Gasteiger partial charge in [-0.3, -0.25) is 4.79 Å². The number of rotatable bonds is 3. The van der Waals surface area contributed by atoms with Crippen LogP contribution in [-0.4, -0.2) is 34.6 Å². The second kappa shape index (κ2) is 4.74. The molecule has 3 heteroatoms. The zero-order chi connectivity index (χ0) is 12.4. The van der Waals surface area contributed by atoms with Gasteiger partial charge in [0.05, 0.1) is 0 Å². The molecule has 0 aromatic heterocycles. The molecule has 0 unspecified atom stereocenters. The molecule has 0 atom stereocenters. The number of aliphatic hydroxyl groups is 1. The van der Waals surface area contributed by atoms with Crippen LogP contribution in [0.2, 0.25) is 0 Å². The molecule has 1 fully saturated rings. The van der Waals surface area contributed by atoms with E-state index in [-0.39, 0.29) is 5.91 Å². The molecule has 3 nitrogen and oxygen atoms in total. The van der Waals surface area contributed by atoms with Gasteiger partial charge in [-0.1, -0.05) is 26.7 Å². The average molecular weight is 227 g/mol. The summed E-state index contributed by atoms with van der Waals surface area (Å²) in [6.45, 7) is 9.19. The number of piperidine rings is 1. The van der Waals surface area contributed by atoms with Gasteiger partial charge in [-0.2, -0.15) is 0 Å². The molecule has 0 saturated carbocycles. The largest absolute Gasteiger partial charge is 0.381 e. The Labute approximate surface area is 98.8 Å². The Morgan fingerprint density at radius 2 is 1.69 bits per heavy atom. The van der Waals surface area contributed by atoms with Crippen LogP contribution >= 0.6 is 0 Å². The van der Waals surface area contributed by atoms with E-state index in [1.54, 1.807) is 13.8 Å². The Balaban J connectivity index is 2.59. The molecule has 1 saturated heterocycles. The number of hydrogen-bond donors (Lipinski definition) is 1. The molecule has 16 heavy (non-hydrogen) atoms. The van der Waals surface area contributed by atoms with Crippen molar-refractivity contribution in [2.24, 2.45) is 5.41 Å². The number of carbonyl (C=O) groups is 1. The van der Waals surface area contributed by atoms with Gasteiger partial charge in [0.1, 0.15) is 5.60 Å². The molecule has 0 aromatic carbocycles. The number of hydrogen-bond acceptors (Lipinski definition) is 2. The maximum atomic E-state index is 11.9. The summed E-state index contributed by atoms with van der Waals surface area (Å²) in [6.07, 6.45) is 4.52. The Morgan fingerprint density at radius 1 is 1.25 bits per heavy atom. The molecular formula is C13H25NO2. The minimum Gasteiger partial charge on any atom is -0.381 e. The van der Waals surface area contributed by atoms with Crippen LogP contribution in [0.4, 0.5) is 0 Å². The smallest absolute Gasteiger partial charge is 0.253 e. The fraction of sp³-hybridized carbons (Fsp3) is 0.923. The maximum absolute atomic E-state index is 11.9. The first-order valence-corrected chi connectivity index (χ1v) is 6.36. The third kappa shape index (κ3) is 2.76. The van der Waals surface area contributed by atoms with Gasteiger partial charge in [-0.05, 0) is 32.1 Å². The minimum absolute atomic E-state index is 0.131. The third-order valence-corrected chi connectivity index (χ3v) is 4.13. The molecule has 1 N–H and O–H groups in total. The van der Waals surface area contributed by atoms with E-state index in [2.05, 4.69) is 13.8 Å². The van der Waals surface area contributed by atoms with Crippen molar-refractivity contribution >= 4 is 5.91 Å². The van der Waals surface area contributed by atoms with E-state index in [1.807, 2.05) is 4.90 Å². The van der Waals surface area contributed by atoms with Gasteiger partial charge in [-0.15, -0.1) is 0 Å². The van der Waals surface area contributed by atoms with Crippen LogP contribution in [0.1, 0.15) is 53.4 Å². The van der Waals surface area contributed by atoms with Gasteiger partial charge >= 0.3 is 0 Å². The monoisotopic (exact) mass is 227 g/mol. The van der Waals surface area contributed by atoms with Crippen LogP contribution in [0.15, 0.2) is 0 Å². The van der Waals surface area contributed by atoms with Gasteiger partial charge in [0, 0.05) is 13.1 Å². The zero-order valence-electron chi connectivity index (χ0n) is 11.0. The molecule has 1 aliphatic rings. The first kappa shape index (κ1) is 13.5. The highest BCUT2D eigenvalue weighted by molar-refractivity contribution is 5.84. The van der Waals surface area contributed by atoms with Crippen LogP contribution < -0.4 is 0 Å². The van der Waals surface area contributed by atoms with Gasteiger partial charge in [0.25, 0.3) is 5.91 Å². The van der Waals surface area contributed by atoms with E-state index in [1.165, 1.54) is 12.8 Å². The summed E-state index contributed by atoms with van der Waals surface area (Å²) in [5.41, 5.74) is -0.797. The normalized spacial score (nSPS) is 20.9. The van der Waals surface area contributed by atoms with Crippen LogP contribution in [0.5, 0.6) is 0 Å². The molecule has 0 aromatic rings. The maximum Gasteiger partial charge on any atom is 0.253 e. The summed E-state index contributed by atoms with van der Waals surface area (Å²) in [6, 6.07) is 0. The minimum atomic E-state index is -1.22. The SMILES string of the molecule is CCC1(CC)CCN(C(=O)C(C)(C)O)CC1. The first-order valence-electron chi connectivity index (χ1n) is 6.36. The van der Waals surface area contributed by atoms with Crippen molar-refractivity contribution in [2.45, 2.75) is 59.0 Å². The average Bonchev–Trinajstić information content (AvgIpc) is 2.27. The quantitative estimate of drug-likeness (QED) is 0.803. The molecule has 94 valence electrons. The summed E-state index contributed by atoms with van der Waals surface area (Å²) in [7, 11) is 0. The fourth-order valence-corrected chi connectivity index (χ4v) is 2.53. The van der Waals surface area contributed by atoms with Crippen molar-refractivity contribution in [3.8, 4) is 0 Å². The number of likely N-dealkylation sites (tertiary alicyclic amines) is 1. The van der Waals surface area contributed by atoms with E-state index in [9.17, 15) is 9.90 Å². The predicted octanol–water partition coefficient (Wildman–Crippen LogP) is 2.19. The Hall–Kier alpha value is -0.570. The molecule has 0 aliphatic carbocycles. The number of carbonyl (C=O) groups excluding carboxylic acids is 1. The summed E-state index contributed by atoms with van der Waals surface area (Å²) in [5, 5.41) is 9.69. The van der Waals surface area contributed by atoms with Crippen molar-refractivity contribution in [2.75, 3.05) is 13.1 Å². The van der Waals surface area contributed by atoms with Crippen LogP contribution in [0, 0.1) is 5.41 Å². The summed E-state index contributed by atoms with van der Waals surface area (Å²) >= 11 is 0. The molecule has 0 bridgehead atoms. The molecule has 1 amide bonds. The van der Waals surface area contributed by atoms with Crippen molar-refractivity contribution < 1.29 is 9.90 Å². The lowest BCUT2D eigenvalue weighted by molar-refractivity contribution is -0.150. The van der Waals surface area contributed by atoms with Crippen molar-refractivity contribution in [3.63, 3.8) is 0 Å². The van der Waals surface area contributed by atoms with Crippen LogP contribution in [0.25, 0.3) is 0 Å². The molecule has 0 radical (unpaired) electrons. The zero-order valence-corrected chi connectivity index (χ0v) is 11.0. The number of amides is 1. The summed E-state index contributed by atoms with van der Waals surface area (Å²) in [5.74, 6) is -0.131. The second-order valence-corrected chi connectivity index (χ2v) is 5.56. The molecule has 1 aliphatic heterocycles. The highest BCUT2D eigenvalue weighted by atomic mass is 16.3. The first-order chi connectivity index (χ1) is 7.34. The Bertz CT molecular complexity index is 241. The van der Waals surface area contributed by atoms with E-state index in [0.29, 0.717) is 5.41 Å². The highest BCUT2D eigenvalue weighted by Crippen LogP contribution is 2.38. The third-order valence-electron chi connectivity index (χ3n) is 4.13. The lowest BCUT2D eigenvalue weighted by atomic mass is 9.74. The summed E-state index contributed by atoms with van der Waals surface area (Å²) < 4.78 is 0. The lowest BCUT2D eigenvalue weighted by Gasteiger charge is -2.42. The summed E-state index contributed by atoms with van der Waals surface area (Å²) in [4.78, 5) is 13.7. The van der Waals surface area contributed by atoms with E-state index >= 15 is 0 Å². The van der Waals surface area contributed by atoms with Crippen molar-refractivity contribution in [3.05, 3.63) is 0 Å². The van der Waals surface area contributed by atoms with Crippen LogP contribution in [0.3, 0.4) is 0 Å². The standard InChI is InChI=1S/C13H25NO2/c1-5-13(6-2)7-9-14(10-8-13)11(15)12(3,4)16/h16H,5-10H2,1-4H3. The van der Waals surface area contributed by atoms with E-state index in [0.717, 1.165) is 25.9 Å². The molecule has 1 heterocycles. The van der Waals surface area contributed by atoms with E-state index in [4.69, 9.17) is 0 Å². The fourth-order valence-electron chi connectivity index (χ4n) is 2.53.